The maximum Gasteiger partial charge on any atom is 0.181 e. The maximum atomic E-state index is 7.23. The molecule has 8 heteroatoms. The van der Waals surface area contributed by atoms with E-state index in [0.717, 1.165) is 61.8 Å². The van der Waals surface area contributed by atoms with Crippen LogP contribution < -0.4 is 0 Å². The summed E-state index contributed by atoms with van der Waals surface area (Å²) in [6.07, 6.45) is 3.17. The Morgan fingerprint density at radius 2 is 1.40 bits per heavy atom. The number of aromatic nitrogens is 6. The number of aryl methyl sites for hydroxylation is 1. The zero-order chi connectivity index (χ0) is 39.0. The summed E-state index contributed by atoms with van der Waals surface area (Å²) in [7, 11) is 0. The second-order valence-electron chi connectivity index (χ2n) is 14.5. The summed E-state index contributed by atoms with van der Waals surface area (Å²) in [4.78, 5) is 28.5. The molecule has 0 saturated heterocycles. The molecule has 0 unspecified atom stereocenters. The average molecular weight is 876 g/mol. The van der Waals surface area contributed by atoms with Crippen molar-refractivity contribution in [2.75, 3.05) is 0 Å². The van der Waals surface area contributed by atoms with Gasteiger partial charge in [0.1, 0.15) is 22.9 Å². The summed E-state index contributed by atoms with van der Waals surface area (Å²) in [5.74, 6) is 2.00. The van der Waals surface area contributed by atoms with E-state index in [1.54, 1.807) is 24.4 Å². The molecule has 0 N–H and O–H groups in total. The van der Waals surface area contributed by atoms with Crippen molar-refractivity contribution in [2.45, 2.75) is 59.2 Å². The van der Waals surface area contributed by atoms with Crippen LogP contribution >= 0.6 is 0 Å². The topological polar surface area (TPSA) is 90.5 Å². The van der Waals surface area contributed by atoms with Gasteiger partial charge in [-0.3, -0.25) is 0 Å². The average Bonchev–Trinajstić information content (AvgIpc) is 3.57. The van der Waals surface area contributed by atoms with Crippen molar-refractivity contribution in [1.29, 1.82) is 0 Å². The molecule has 0 fully saturated rings. The van der Waals surface area contributed by atoms with Gasteiger partial charge in [-0.1, -0.05) is 107 Å². The van der Waals surface area contributed by atoms with Gasteiger partial charge in [0.15, 0.2) is 5.82 Å². The van der Waals surface area contributed by atoms with E-state index in [0.29, 0.717) is 17.1 Å². The first kappa shape index (κ1) is 33.4. The SMILES string of the molecule is CC(C)(C)c1nc(-c2cc3oc4c(-c5ccccn5)[c-]ccc4c3c(-c3ccccc3)n2)nc(C(C)(C)C)n1.[2H]C([2H])([2H])c1ccc(-c2[c-]cccc2)nc1.[Ir]. The van der Waals surface area contributed by atoms with E-state index in [9.17, 15) is 0 Å². The standard InChI is InChI=1S/C33H30N5O.C12H10N.Ir/c1-32(2,3)30-36-29(37-31(38-30)33(4,5)6)24-19-25-26(27(35-24)20-13-8-7-9-14-20)22-16-12-15-21(28(22)39-25)23-17-10-11-18-34-23;1-10-7-8-12(13-9-10)11-5-3-2-4-6-11;/h7-14,16-19H,1-6H3;2-5,7-9H,1H3;/q2*-1;/i;1D3;. The zero-order valence-corrected chi connectivity index (χ0v) is 32.8. The summed E-state index contributed by atoms with van der Waals surface area (Å²) in [6.45, 7) is 10.6. The number of pyridine rings is 3. The molecular weight excluding hydrogens is 833 g/mol. The molecule has 1 radical (unpaired) electrons. The molecule has 53 heavy (non-hydrogen) atoms. The Bertz CT molecular complexity index is 2550. The van der Waals surface area contributed by atoms with E-state index in [1.165, 1.54) is 6.20 Å². The van der Waals surface area contributed by atoms with Crippen LogP contribution in [0.4, 0.5) is 0 Å². The van der Waals surface area contributed by atoms with Crippen molar-refractivity contribution >= 4 is 21.9 Å². The number of nitrogens with zero attached hydrogens (tertiary/aromatic N) is 6. The van der Waals surface area contributed by atoms with Gasteiger partial charge >= 0.3 is 0 Å². The molecule has 0 aliphatic rings. The van der Waals surface area contributed by atoms with Crippen LogP contribution in [0, 0.1) is 19.0 Å². The number of fused-ring (bicyclic) bond motifs is 3. The Morgan fingerprint density at radius 1 is 0.660 bits per heavy atom. The number of hydrogen-bond donors (Lipinski definition) is 0. The fraction of sp³-hybridized carbons (Fsp3) is 0.200. The van der Waals surface area contributed by atoms with E-state index in [1.807, 2.05) is 72.8 Å². The summed E-state index contributed by atoms with van der Waals surface area (Å²) in [5, 5.41) is 1.90. The van der Waals surface area contributed by atoms with Gasteiger partial charge in [0.05, 0.1) is 11.3 Å². The molecule has 0 bridgehead atoms. The van der Waals surface area contributed by atoms with Gasteiger partial charge in [0, 0.05) is 64.5 Å². The van der Waals surface area contributed by atoms with Gasteiger partial charge in [-0.05, 0) is 29.9 Å². The Hall–Kier alpha value is -5.43. The van der Waals surface area contributed by atoms with Crippen molar-refractivity contribution in [3.8, 4) is 45.3 Å². The Kier molecular flexibility index (Phi) is 9.63. The molecule has 267 valence electrons. The number of hydrogen-bond acceptors (Lipinski definition) is 7. The maximum absolute atomic E-state index is 7.23. The van der Waals surface area contributed by atoms with Crippen LogP contribution in [0.25, 0.3) is 67.2 Å². The normalized spacial score (nSPS) is 12.6. The second-order valence-corrected chi connectivity index (χ2v) is 14.5. The molecule has 5 aromatic heterocycles. The van der Waals surface area contributed by atoms with Crippen LogP contribution in [-0.4, -0.2) is 29.9 Å². The largest absolute Gasteiger partial charge is 0.500 e. The van der Waals surface area contributed by atoms with E-state index >= 15 is 0 Å². The minimum absolute atomic E-state index is 0. The first-order valence-corrected chi connectivity index (χ1v) is 17.1. The Labute approximate surface area is 328 Å². The van der Waals surface area contributed by atoms with Crippen molar-refractivity contribution in [2.24, 2.45) is 0 Å². The van der Waals surface area contributed by atoms with E-state index in [4.69, 9.17) is 28.5 Å². The van der Waals surface area contributed by atoms with Gasteiger partial charge in [0.25, 0.3) is 0 Å². The zero-order valence-electron chi connectivity index (χ0n) is 33.4. The third-order valence-electron chi connectivity index (χ3n) is 8.34. The molecule has 0 saturated carbocycles. The van der Waals surface area contributed by atoms with Gasteiger partial charge in [-0.15, -0.1) is 54.1 Å². The van der Waals surface area contributed by atoms with Crippen LogP contribution in [0.2, 0.25) is 0 Å². The molecule has 0 aliphatic heterocycles. The summed E-state index contributed by atoms with van der Waals surface area (Å²) in [5.41, 5.74) is 6.84. The van der Waals surface area contributed by atoms with Crippen molar-refractivity contribution < 1.29 is 28.6 Å². The first-order chi connectivity index (χ1) is 26.2. The summed E-state index contributed by atoms with van der Waals surface area (Å²) < 4.78 is 28.3. The van der Waals surface area contributed by atoms with Crippen LogP contribution in [0.1, 0.15) is 62.9 Å². The van der Waals surface area contributed by atoms with Crippen LogP contribution in [0.3, 0.4) is 0 Å². The third-order valence-corrected chi connectivity index (χ3v) is 8.34. The molecule has 0 aliphatic carbocycles. The molecule has 3 aromatic carbocycles. The number of furan rings is 1. The monoisotopic (exact) mass is 876 g/mol. The van der Waals surface area contributed by atoms with E-state index in [-0.39, 0.29) is 36.5 Å². The second kappa shape index (κ2) is 15.3. The summed E-state index contributed by atoms with van der Waals surface area (Å²) in [6, 6.07) is 39.0. The van der Waals surface area contributed by atoms with Crippen molar-refractivity contribution in [3.63, 3.8) is 0 Å². The van der Waals surface area contributed by atoms with E-state index < -0.39 is 6.85 Å². The van der Waals surface area contributed by atoms with Crippen molar-refractivity contribution in [3.05, 3.63) is 145 Å². The Morgan fingerprint density at radius 3 is 2.02 bits per heavy atom. The van der Waals surface area contributed by atoms with Gasteiger partial charge in [-0.25, -0.2) is 19.9 Å². The third kappa shape index (κ3) is 8.15. The van der Waals surface area contributed by atoms with Crippen LogP contribution in [0.15, 0.2) is 120 Å². The first-order valence-electron chi connectivity index (χ1n) is 18.6. The molecule has 0 amide bonds. The molecule has 7 nitrogen and oxygen atoms in total. The predicted octanol–water partition coefficient (Wildman–Crippen LogP) is 10.8. The molecule has 8 rings (SSSR count). The summed E-state index contributed by atoms with van der Waals surface area (Å²) >= 11 is 0. The molecule has 0 spiro atoms. The number of benzene rings is 3. The van der Waals surface area contributed by atoms with Crippen molar-refractivity contribution in [1.82, 2.24) is 29.9 Å². The smallest absolute Gasteiger partial charge is 0.181 e. The fourth-order valence-corrected chi connectivity index (χ4v) is 5.65. The molecule has 8 aromatic rings. The molecular formula is C45H40IrN6O-2. The fourth-order valence-electron chi connectivity index (χ4n) is 5.65. The van der Waals surface area contributed by atoms with E-state index in [2.05, 4.69) is 75.8 Å². The van der Waals surface area contributed by atoms with Crippen LogP contribution in [-0.2, 0) is 30.9 Å². The quantitative estimate of drug-likeness (QED) is 0.163. The van der Waals surface area contributed by atoms with Gasteiger partial charge in [-0.2, -0.15) is 0 Å². The van der Waals surface area contributed by atoms with Crippen LogP contribution in [0.5, 0.6) is 0 Å². The predicted molar refractivity (Wildman–Crippen MR) is 208 cm³/mol. The molecule has 0 atom stereocenters. The minimum Gasteiger partial charge on any atom is -0.500 e. The number of rotatable bonds is 4. The minimum atomic E-state index is -2.09. The Balaban J connectivity index is 0.000000263. The molecule has 5 heterocycles. The van der Waals surface area contributed by atoms with Gasteiger partial charge in [0.2, 0.25) is 0 Å². The van der Waals surface area contributed by atoms with Gasteiger partial charge < -0.3 is 14.4 Å².